The van der Waals surface area contributed by atoms with E-state index in [9.17, 15) is 4.79 Å². The molecular weight excluding hydrogens is 286 g/mol. The van der Waals surface area contributed by atoms with Crippen molar-refractivity contribution in [3.63, 3.8) is 0 Å². The van der Waals surface area contributed by atoms with Gasteiger partial charge in [0, 0.05) is 24.5 Å². The molecule has 2 unspecified atom stereocenters. The highest BCUT2D eigenvalue weighted by Crippen LogP contribution is 2.48. The Morgan fingerprint density at radius 3 is 2.57 bits per heavy atom. The predicted molar refractivity (Wildman–Crippen MR) is 92.2 cm³/mol. The van der Waals surface area contributed by atoms with E-state index in [0.717, 1.165) is 12.8 Å². The molecule has 0 radical (unpaired) electrons. The van der Waals surface area contributed by atoms with Crippen LogP contribution in [0, 0.1) is 5.41 Å². The minimum atomic E-state index is 0.00438. The zero-order valence-corrected chi connectivity index (χ0v) is 14.2. The molecule has 1 aromatic rings. The molecule has 2 aliphatic carbocycles. The van der Waals surface area contributed by atoms with E-state index >= 15 is 0 Å². The van der Waals surface area contributed by atoms with E-state index in [4.69, 9.17) is 0 Å². The van der Waals surface area contributed by atoms with Gasteiger partial charge in [-0.25, -0.2) is 4.79 Å². The molecular formula is C19H29N3O. The molecule has 1 aromatic heterocycles. The predicted octanol–water partition coefficient (Wildman–Crippen LogP) is 3.81. The molecule has 1 heterocycles. The Morgan fingerprint density at radius 2 is 1.87 bits per heavy atom. The second-order valence-electron chi connectivity index (χ2n) is 7.45. The molecule has 0 aliphatic heterocycles. The van der Waals surface area contributed by atoms with Crippen LogP contribution in [0.4, 0.5) is 4.79 Å². The van der Waals surface area contributed by atoms with Crippen LogP contribution in [0.2, 0.25) is 0 Å². The third-order valence-corrected chi connectivity index (χ3v) is 5.73. The van der Waals surface area contributed by atoms with Gasteiger partial charge >= 0.3 is 6.03 Å². The molecule has 126 valence electrons. The maximum Gasteiger partial charge on any atom is 0.315 e. The fourth-order valence-corrected chi connectivity index (χ4v) is 4.56. The second kappa shape index (κ2) is 7.33. The van der Waals surface area contributed by atoms with Gasteiger partial charge in [0.15, 0.2) is 0 Å². The number of urea groups is 1. The van der Waals surface area contributed by atoms with Crippen molar-refractivity contribution in [3.05, 3.63) is 30.1 Å². The van der Waals surface area contributed by atoms with Crippen molar-refractivity contribution in [3.8, 4) is 0 Å². The lowest BCUT2D eigenvalue weighted by molar-refractivity contribution is 0.133. The van der Waals surface area contributed by atoms with E-state index in [2.05, 4.69) is 22.5 Å². The highest BCUT2D eigenvalue weighted by Gasteiger charge is 2.43. The van der Waals surface area contributed by atoms with Crippen LogP contribution in [-0.4, -0.2) is 23.1 Å². The van der Waals surface area contributed by atoms with Gasteiger partial charge in [0.05, 0.1) is 0 Å². The molecule has 2 saturated carbocycles. The monoisotopic (exact) mass is 315 g/mol. The van der Waals surface area contributed by atoms with Crippen LogP contribution in [0.3, 0.4) is 0 Å². The number of hydrogen-bond acceptors (Lipinski definition) is 2. The van der Waals surface area contributed by atoms with E-state index in [0.29, 0.717) is 11.5 Å². The van der Waals surface area contributed by atoms with Crippen LogP contribution in [-0.2, 0) is 6.42 Å². The first-order chi connectivity index (χ1) is 11.2. The highest BCUT2D eigenvalue weighted by molar-refractivity contribution is 5.74. The fourth-order valence-electron chi connectivity index (χ4n) is 4.56. The second-order valence-corrected chi connectivity index (χ2v) is 7.45. The number of nitrogens with zero attached hydrogens (tertiary/aromatic N) is 1. The maximum absolute atomic E-state index is 12.4. The highest BCUT2D eigenvalue weighted by atomic mass is 16.2. The summed E-state index contributed by atoms with van der Waals surface area (Å²) in [6, 6.07) is 4.51. The lowest BCUT2D eigenvalue weighted by Gasteiger charge is -2.42. The number of rotatable bonds is 4. The Balaban J connectivity index is 1.52. The molecule has 2 atom stereocenters. The summed E-state index contributed by atoms with van der Waals surface area (Å²) in [6.07, 6.45) is 14.7. The first-order valence-corrected chi connectivity index (χ1v) is 9.14. The van der Waals surface area contributed by atoms with Crippen molar-refractivity contribution in [2.24, 2.45) is 5.41 Å². The Morgan fingerprint density at radius 1 is 1.22 bits per heavy atom. The number of carbonyl (C=O) groups is 1. The number of amides is 2. The van der Waals surface area contributed by atoms with Crippen LogP contribution in [0.25, 0.3) is 0 Å². The van der Waals surface area contributed by atoms with Gasteiger partial charge < -0.3 is 10.6 Å². The molecule has 3 rings (SSSR count). The van der Waals surface area contributed by atoms with Crippen LogP contribution >= 0.6 is 0 Å². The van der Waals surface area contributed by atoms with Crippen molar-refractivity contribution < 1.29 is 4.79 Å². The SMILES string of the molecule is CC(Cc1ccncc1)NC(=O)NC1CCCCC12CCCC2. The Kier molecular flexibility index (Phi) is 5.19. The van der Waals surface area contributed by atoms with Crippen LogP contribution in [0.5, 0.6) is 0 Å². The Bertz CT molecular complexity index is 511. The van der Waals surface area contributed by atoms with Gasteiger partial charge in [-0.1, -0.05) is 25.7 Å². The summed E-state index contributed by atoms with van der Waals surface area (Å²) >= 11 is 0. The van der Waals surface area contributed by atoms with Gasteiger partial charge in [-0.15, -0.1) is 0 Å². The lowest BCUT2D eigenvalue weighted by Crippen LogP contribution is -2.53. The van der Waals surface area contributed by atoms with Gasteiger partial charge in [-0.2, -0.15) is 0 Å². The van der Waals surface area contributed by atoms with Gasteiger partial charge in [-0.3, -0.25) is 4.98 Å². The average molecular weight is 315 g/mol. The van der Waals surface area contributed by atoms with E-state index in [-0.39, 0.29) is 12.1 Å². The number of hydrogen-bond donors (Lipinski definition) is 2. The average Bonchev–Trinajstić information content (AvgIpc) is 3.00. The van der Waals surface area contributed by atoms with Gasteiger partial charge in [0.2, 0.25) is 0 Å². The molecule has 4 nitrogen and oxygen atoms in total. The molecule has 0 bridgehead atoms. The number of aromatic nitrogens is 1. The lowest BCUT2D eigenvalue weighted by atomic mass is 9.69. The first kappa shape index (κ1) is 16.3. The fraction of sp³-hybridized carbons (Fsp3) is 0.684. The largest absolute Gasteiger partial charge is 0.335 e. The smallest absolute Gasteiger partial charge is 0.315 e. The Hall–Kier alpha value is -1.58. The summed E-state index contributed by atoms with van der Waals surface area (Å²) in [4.78, 5) is 16.4. The minimum Gasteiger partial charge on any atom is -0.335 e. The van der Waals surface area contributed by atoms with Crippen molar-refractivity contribution in [1.29, 1.82) is 0 Å². The van der Waals surface area contributed by atoms with E-state index in [1.807, 2.05) is 12.1 Å². The molecule has 0 aromatic carbocycles. The van der Waals surface area contributed by atoms with Crippen LogP contribution in [0.1, 0.15) is 63.9 Å². The van der Waals surface area contributed by atoms with Crippen LogP contribution in [0.15, 0.2) is 24.5 Å². The Labute approximate surface area is 139 Å². The summed E-state index contributed by atoms with van der Waals surface area (Å²) < 4.78 is 0. The zero-order valence-electron chi connectivity index (χ0n) is 14.2. The maximum atomic E-state index is 12.4. The molecule has 2 fully saturated rings. The standard InChI is InChI=1S/C19H29N3O/c1-15(14-16-7-12-20-13-8-16)21-18(23)22-17-6-2-3-9-19(17)10-4-5-11-19/h7-8,12-13,15,17H,2-6,9-11,14H2,1H3,(H2,21,22,23). The number of nitrogens with one attached hydrogen (secondary N) is 2. The molecule has 0 saturated heterocycles. The molecule has 2 N–H and O–H groups in total. The van der Waals surface area contributed by atoms with Crippen molar-refractivity contribution in [2.75, 3.05) is 0 Å². The topological polar surface area (TPSA) is 54.0 Å². The zero-order chi connectivity index (χ0) is 16.1. The summed E-state index contributed by atoms with van der Waals surface area (Å²) in [5.41, 5.74) is 1.60. The minimum absolute atomic E-state index is 0.00438. The van der Waals surface area contributed by atoms with Crippen molar-refractivity contribution in [1.82, 2.24) is 15.6 Å². The molecule has 4 heteroatoms. The molecule has 23 heavy (non-hydrogen) atoms. The van der Waals surface area contributed by atoms with Crippen molar-refractivity contribution in [2.45, 2.75) is 76.8 Å². The van der Waals surface area contributed by atoms with Crippen molar-refractivity contribution >= 4 is 6.03 Å². The first-order valence-electron chi connectivity index (χ1n) is 9.14. The number of carbonyl (C=O) groups excluding carboxylic acids is 1. The quantitative estimate of drug-likeness (QED) is 0.887. The van der Waals surface area contributed by atoms with Crippen LogP contribution < -0.4 is 10.6 Å². The summed E-state index contributed by atoms with van der Waals surface area (Å²) in [7, 11) is 0. The molecule has 2 aliphatic rings. The van der Waals surface area contributed by atoms with Gasteiger partial charge in [0.25, 0.3) is 0 Å². The number of pyridine rings is 1. The molecule has 1 spiro atoms. The summed E-state index contributed by atoms with van der Waals surface area (Å²) in [5.74, 6) is 0. The molecule has 2 amide bonds. The summed E-state index contributed by atoms with van der Waals surface area (Å²) in [5, 5.41) is 6.42. The third kappa shape index (κ3) is 4.04. The van der Waals surface area contributed by atoms with E-state index in [1.54, 1.807) is 12.4 Å². The van der Waals surface area contributed by atoms with E-state index in [1.165, 1.54) is 50.5 Å². The van der Waals surface area contributed by atoms with E-state index < -0.39 is 0 Å². The normalized spacial score (nSPS) is 24.3. The van der Waals surface area contributed by atoms with Gasteiger partial charge in [0.1, 0.15) is 0 Å². The summed E-state index contributed by atoms with van der Waals surface area (Å²) in [6.45, 7) is 2.06. The van der Waals surface area contributed by atoms with Gasteiger partial charge in [-0.05, 0) is 62.1 Å². The third-order valence-electron chi connectivity index (χ3n) is 5.73.